The van der Waals surface area contributed by atoms with Gasteiger partial charge in [0.15, 0.2) is 0 Å². The van der Waals surface area contributed by atoms with E-state index in [4.69, 9.17) is 12.2 Å². The van der Waals surface area contributed by atoms with E-state index in [2.05, 4.69) is 36.2 Å². The van der Waals surface area contributed by atoms with Crippen LogP contribution >= 0.6 is 28.1 Å². The number of aromatic nitrogens is 4. The van der Waals surface area contributed by atoms with E-state index >= 15 is 0 Å². The van der Waals surface area contributed by atoms with Gasteiger partial charge in [-0.05, 0) is 42.5 Å². The number of hydrogen-bond donors (Lipinski definition) is 1. The summed E-state index contributed by atoms with van der Waals surface area (Å²) in [6.45, 7) is 0. The summed E-state index contributed by atoms with van der Waals surface area (Å²) in [6.07, 6.45) is 3.03. The minimum Gasteiger partial charge on any atom is -0.253 e. The first kappa shape index (κ1) is 14.7. The summed E-state index contributed by atoms with van der Waals surface area (Å²) in [5.41, 5.74) is 0.950. The van der Waals surface area contributed by atoms with Gasteiger partial charge in [0.05, 0.1) is 6.21 Å². The Labute approximate surface area is 138 Å². The number of nitrogens with zero attached hydrogens (tertiary/aromatic N) is 4. The highest BCUT2D eigenvalue weighted by molar-refractivity contribution is 9.10. The van der Waals surface area contributed by atoms with Gasteiger partial charge in [-0.1, -0.05) is 22.0 Å². The molecule has 110 valence electrons. The van der Waals surface area contributed by atoms with Gasteiger partial charge in [-0.2, -0.15) is 14.9 Å². The second-order valence-electron chi connectivity index (χ2n) is 4.29. The van der Waals surface area contributed by atoms with Gasteiger partial charge in [0.25, 0.3) is 0 Å². The zero-order valence-electron chi connectivity index (χ0n) is 11.1. The Kier molecular flexibility index (Phi) is 4.21. The zero-order valence-corrected chi connectivity index (χ0v) is 13.5. The van der Waals surface area contributed by atoms with Crippen LogP contribution in [0.3, 0.4) is 0 Å². The Hall–Kier alpha value is -2.19. The van der Waals surface area contributed by atoms with Gasteiger partial charge >= 0.3 is 0 Å². The molecule has 1 aromatic carbocycles. The summed E-state index contributed by atoms with van der Waals surface area (Å²) in [5.74, 6) is 0.0820. The highest BCUT2D eigenvalue weighted by Gasteiger charge is 2.09. The molecular weight excluding hydrogens is 369 g/mol. The molecule has 3 aromatic rings. The highest BCUT2D eigenvalue weighted by atomic mass is 79.9. The van der Waals surface area contributed by atoms with Crippen molar-refractivity contribution in [1.82, 2.24) is 19.9 Å². The van der Waals surface area contributed by atoms with Crippen molar-refractivity contribution in [1.29, 1.82) is 0 Å². The average Bonchev–Trinajstić information content (AvgIpc) is 2.90. The van der Waals surface area contributed by atoms with Gasteiger partial charge < -0.3 is 0 Å². The van der Waals surface area contributed by atoms with Gasteiger partial charge in [-0.15, -0.1) is 0 Å². The fourth-order valence-electron chi connectivity index (χ4n) is 1.79. The molecule has 0 aliphatic carbocycles. The molecule has 2 aromatic heterocycles. The maximum Gasteiger partial charge on any atom is 0.216 e. The van der Waals surface area contributed by atoms with Crippen molar-refractivity contribution in [2.24, 2.45) is 5.10 Å². The Morgan fingerprint density at radius 1 is 1.32 bits per heavy atom. The number of halogens is 2. The van der Waals surface area contributed by atoms with Crippen LogP contribution in [0.5, 0.6) is 0 Å². The lowest BCUT2D eigenvalue weighted by Crippen LogP contribution is -1.97. The van der Waals surface area contributed by atoms with Gasteiger partial charge in [-0.3, -0.25) is 4.98 Å². The Bertz CT molecular complexity index is 888. The van der Waals surface area contributed by atoms with Gasteiger partial charge in [0.2, 0.25) is 10.6 Å². The first-order chi connectivity index (χ1) is 10.6. The quantitative estimate of drug-likeness (QED) is 0.557. The van der Waals surface area contributed by atoms with Crippen LogP contribution < -0.4 is 0 Å². The molecule has 0 aliphatic heterocycles. The van der Waals surface area contributed by atoms with Gasteiger partial charge in [0, 0.05) is 16.2 Å². The van der Waals surface area contributed by atoms with E-state index in [-0.39, 0.29) is 5.82 Å². The first-order valence-electron chi connectivity index (χ1n) is 6.23. The summed E-state index contributed by atoms with van der Waals surface area (Å²) in [5, 5.41) is 11.0. The molecule has 0 bridgehead atoms. The van der Waals surface area contributed by atoms with E-state index in [1.807, 2.05) is 6.07 Å². The topological polar surface area (TPSA) is 58.9 Å². The number of hydrogen-bond acceptors (Lipinski definition) is 4. The molecule has 8 heteroatoms. The molecule has 0 unspecified atom stereocenters. The number of rotatable bonds is 3. The summed E-state index contributed by atoms with van der Waals surface area (Å²) in [6, 6.07) is 10.0. The van der Waals surface area contributed by atoms with E-state index in [1.54, 1.807) is 30.5 Å². The molecule has 3 rings (SSSR count). The molecule has 22 heavy (non-hydrogen) atoms. The van der Waals surface area contributed by atoms with Gasteiger partial charge in [0.1, 0.15) is 11.5 Å². The lowest BCUT2D eigenvalue weighted by atomic mass is 10.2. The lowest BCUT2D eigenvalue weighted by Gasteiger charge is -2.00. The van der Waals surface area contributed by atoms with Crippen LogP contribution in [0.1, 0.15) is 5.56 Å². The fourth-order valence-corrected chi connectivity index (χ4v) is 2.35. The zero-order chi connectivity index (χ0) is 15.5. The summed E-state index contributed by atoms with van der Waals surface area (Å²) < 4.78 is 16.2. The standard InChI is InChI=1S/C14H9BrFN5S/c15-10-4-5-11(16)9(7-10)8-18-21-13(19-20-14(21)22)12-3-1-2-6-17-12/h1-8H,(H,20,22)/b18-8-. The summed E-state index contributed by atoms with van der Waals surface area (Å²) in [4.78, 5) is 4.20. The Morgan fingerprint density at radius 3 is 2.95 bits per heavy atom. The largest absolute Gasteiger partial charge is 0.253 e. The molecule has 0 saturated heterocycles. The van der Waals surface area contributed by atoms with Gasteiger partial charge in [-0.25, -0.2) is 9.49 Å². The molecule has 0 spiro atoms. The SMILES string of the molecule is Fc1ccc(Br)cc1/C=N\n1c(-c2ccccn2)n[nH]c1=S. The predicted octanol–water partition coefficient (Wildman–Crippen LogP) is 3.79. The molecule has 0 fully saturated rings. The second kappa shape index (κ2) is 6.29. The third-order valence-corrected chi connectivity index (χ3v) is 3.57. The van der Waals surface area contributed by atoms with Crippen LogP contribution in [-0.4, -0.2) is 26.1 Å². The first-order valence-corrected chi connectivity index (χ1v) is 7.43. The minimum absolute atomic E-state index is 0.298. The maximum absolute atomic E-state index is 13.7. The number of aromatic amines is 1. The molecule has 2 heterocycles. The Balaban J connectivity index is 2.03. The minimum atomic E-state index is -0.374. The number of nitrogens with one attached hydrogen (secondary N) is 1. The van der Waals surface area contributed by atoms with E-state index in [1.165, 1.54) is 17.0 Å². The normalized spacial score (nSPS) is 11.2. The lowest BCUT2D eigenvalue weighted by molar-refractivity contribution is 0.625. The number of benzene rings is 1. The molecular formula is C14H9BrFN5S. The monoisotopic (exact) mass is 377 g/mol. The van der Waals surface area contributed by atoms with Crippen molar-refractivity contribution in [3.63, 3.8) is 0 Å². The van der Waals surface area contributed by atoms with Crippen LogP contribution in [0.25, 0.3) is 11.5 Å². The van der Waals surface area contributed by atoms with Crippen LogP contribution in [0, 0.1) is 10.6 Å². The summed E-state index contributed by atoms with van der Waals surface area (Å²) >= 11 is 8.44. The third kappa shape index (κ3) is 3.02. The van der Waals surface area contributed by atoms with E-state index in [9.17, 15) is 4.39 Å². The molecule has 0 atom stereocenters. The molecule has 1 N–H and O–H groups in total. The fraction of sp³-hybridized carbons (Fsp3) is 0. The molecule has 0 radical (unpaired) electrons. The molecule has 0 amide bonds. The van der Waals surface area contributed by atoms with E-state index in [0.717, 1.165) is 4.47 Å². The van der Waals surface area contributed by atoms with Crippen molar-refractivity contribution in [2.45, 2.75) is 0 Å². The number of H-pyrrole nitrogens is 1. The smallest absolute Gasteiger partial charge is 0.216 e. The van der Waals surface area contributed by atoms with Crippen molar-refractivity contribution in [2.75, 3.05) is 0 Å². The van der Waals surface area contributed by atoms with E-state index < -0.39 is 0 Å². The van der Waals surface area contributed by atoms with Crippen LogP contribution in [0.15, 0.2) is 52.2 Å². The molecule has 0 aliphatic rings. The summed E-state index contributed by atoms with van der Waals surface area (Å²) in [7, 11) is 0. The predicted molar refractivity (Wildman–Crippen MR) is 87.7 cm³/mol. The Morgan fingerprint density at radius 2 is 2.18 bits per heavy atom. The second-order valence-corrected chi connectivity index (χ2v) is 5.59. The van der Waals surface area contributed by atoms with Crippen molar-refractivity contribution in [3.8, 4) is 11.5 Å². The third-order valence-electron chi connectivity index (χ3n) is 2.81. The number of pyridine rings is 1. The van der Waals surface area contributed by atoms with Crippen LogP contribution in [0.2, 0.25) is 0 Å². The average molecular weight is 378 g/mol. The van der Waals surface area contributed by atoms with Crippen molar-refractivity contribution < 1.29 is 4.39 Å². The highest BCUT2D eigenvalue weighted by Crippen LogP contribution is 2.16. The van der Waals surface area contributed by atoms with Crippen molar-refractivity contribution in [3.05, 3.63) is 63.2 Å². The van der Waals surface area contributed by atoms with Crippen molar-refractivity contribution >= 4 is 34.4 Å². The molecule has 5 nitrogen and oxygen atoms in total. The van der Waals surface area contributed by atoms with Crippen LogP contribution in [-0.2, 0) is 0 Å². The molecule has 0 saturated carbocycles. The van der Waals surface area contributed by atoms with Crippen LogP contribution in [0.4, 0.5) is 4.39 Å². The maximum atomic E-state index is 13.7. The van der Waals surface area contributed by atoms with E-state index in [0.29, 0.717) is 21.9 Å².